The average Bonchev–Trinajstić information content (AvgIpc) is 2.24. The van der Waals surface area contributed by atoms with Crippen molar-refractivity contribution in [3.63, 3.8) is 0 Å². The van der Waals surface area contributed by atoms with Gasteiger partial charge in [0, 0.05) is 23.2 Å². The van der Waals surface area contributed by atoms with Crippen LogP contribution in [0.2, 0.25) is 5.02 Å². The van der Waals surface area contributed by atoms with E-state index in [1.165, 1.54) is 0 Å². The maximum atomic E-state index is 6.10. The lowest BCUT2D eigenvalue weighted by Crippen LogP contribution is -2.22. The predicted molar refractivity (Wildman–Crippen MR) is 73.9 cm³/mol. The van der Waals surface area contributed by atoms with Crippen LogP contribution in [0.1, 0.15) is 19.4 Å². The van der Waals surface area contributed by atoms with E-state index in [-0.39, 0.29) is 6.61 Å². The Bertz CT molecular complexity index is 391. The number of hydrogen-bond donors (Lipinski definition) is 1. The number of ether oxygens (including phenoxy) is 1. The Kier molecular flexibility index (Phi) is 5.83. The molecular weight excluding hydrogens is 257 g/mol. The highest BCUT2D eigenvalue weighted by Crippen LogP contribution is 2.29. The Morgan fingerprint density at radius 3 is 2.76 bits per heavy atom. The molecule has 0 unspecified atom stereocenters. The van der Waals surface area contributed by atoms with Gasteiger partial charge in [-0.15, -0.1) is 0 Å². The van der Waals surface area contributed by atoms with Crippen LogP contribution < -0.4 is 10.1 Å². The maximum Gasteiger partial charge on any atom is 0.142 e. The molecule has 0 bridgehead atoms. The van der Waals surface area contributed by atoms with Crippen molar-refractivity contribution in [2.24, 2.45) is 0 Å². The van der Waals surface area contributed by atoms with Gasteiger partial charge in [-0.1, -0.05) is 55.8 Å². The topological polar surface area (TPSA) is 21.3 Å². The fraction of sp³-hybridized carbons (Fsp3) is 0.385. The van der Waals surface area contributed by atoms with E-state index < -0.39 is 0 Å². The Morgan fingerprint density at radius 2 is 2.18 bits per heavy atom. The summed E-state index contributed by atoms with van der Waals surface area (Å²) in [6, 6.07) is 6.09. The molecule has 1 N–H and O–H groups in total. The van der Waals surface area contributed by atoms with Gasteiger partial charge < -0.3 is 10.1 Å². The number of halogens is 2. The van der Waals surface area contributed by atoms with Crippen LogP contribution in [0.4, 0.5) is 0 Å². The average molecular weight is 274 g/mol. The van der Waals surface area contributed by atoms with E-state index in [0.29, 0.717) is 28.4 Å². The first-order valence-electron chi connectivity index (χ1n) is 5.47. The van der Waals surface area contributed by atoms with Crippen LogP contribution in [0, 0.1) is 0 Å². The molecular formula is C13H17Cl2NO. The van der Waals surface area contributed by atoms with Crippen LogP contribution in [-0.2, 0) is 6.54 Å². The summed E-state index contributed by atoms with van der Waals surface area (Å²) in [7, 11) is 0. The van der Waals surface area contributed by atoms with Gasteiger partial charge in [-0.2, -0.15) is 0 Å². The van der Waals surface area contributed by atoms with E-state index >= 15 is 0 Å². The molecule has 0 amide bonds. The van der Waals surface area contributed by atoms with Crippen LogP contribution in [0.25, 0.3) is 0 Å². The number of para-hydroxylation sites is 1. The zero-order valence-electron chi connectivity index (χ0n) is 10.1. The molecule has 1 aromatic carbocycles. The number of nitrogens with one attached hydrogen (secondary N) is 1. The normalized spacial score (nSPS) is 10.6. The molecule has 0 aliphatic heterocycles. The van der Waals surface area contributed by atoms with Crippen LogP contribution >= 0.6 is 23.2 Å². The van der Waals surface area contributed by atoms with Gasteiger partial charge in [-0.05, 0) is 6.07 Å². The van der Waals surface area contributed by atoms with Crippen LogP contribution in [0.5, 0.6) is 5.75 Å². The van der Waals surface area contributed by atoms with Gasteiger partial charge in [0.2, 0.25) is 0 Å². The molecule has 1 aromatic rings. The lowest BCUT2D eigenvalue weighted by atomic mass is 10.2. The summed E-state index contributed by atoms with van der Waals surface area (Å²) in [6.45, 7) is 8.74. The third kappa shape index (κ3) is 4.99. The lowest BCUT2D eigenvalue weighted by Gasteiger charge is -2.14. The molecule has 17 heavy (non-hydrogen) atoms. The molecule has 0 aromatic heterocycles. The summed E-state index contributed by atoms with van der Waals surface area (Å²) in [5, 5.41) is 4.36. The highest BCUT2D eigenvalue weighted by molar-refractivity contribution is 6.32. The summed E-state index contributed by atoms with van der Waals surface area (Å²) < 4.78 is 5.56. The fourth-order valence-electron chi connectivity index (χ4n) is 1.32. The van der Waals surface area contributed by atoms with Crippen molar-refractivity contribution in [3.8, 4) is 5.75 Å². The summed E-state index contributed by atoms with van der Waals surface area (Å²) in [5.41, 5.74) is 1.02. The molecule has 0 aliphatic carbocycles. The second-order valence-corrected chi connectivity index (χ2v) is 5.01. The number of rotatable bonds is 6. The van der Waals surface area contributed by atoms with Crippen molar-refractivity contribution in [2.45, 2.75) is 26.4 Å². The Labute approximate surface area is 113 Å². The molecule has 0 radical (unpaired) electrons. The molecule has 0 spiro atoms. The monoisotopic (exact) mass is 273 g/mol. The molecule has 0 fully saturated rings. The molecule has 0 heterocycles. The van der Waals surface area contributed by atoms with Crippen LogP contribution in [-0.4, -0.2) is 12.6 Å². The SMILES string of the molecule is C=C(Cl)COc1c(Cl)cccc1CNC(C)C. The van der Waals surface area contributed by atoms with E-state index in [2.05, 4.69) is 25.7 Å². The van der Waals surface area contributed by atoms with Crippen molar-refractivity contribution in [3.05, 3.63) is 40.4 Å². The quantitative estimate of drug-likeness (QED) is 0.847. The largest absolute Gasteiger partial charge is 0.486 e. The Morgan fingerprint density at radius 1 is 1.47 bits per heavy atom. The first-order chi connectivity index (χ1) is 8.00. The molecule has 2 nitrogen and oxygen atoms in total. The van der Waals surface area contributed by atoms with E-state index in [4.69, 9.17) is 27.9 Å². The highest BCUT2D eigenvalue weighted by atomic mass is 35.5. The lowest BCUT2D eigenvalue weighted by molar-refractivity contribution is 0.354. The first-order valence-corrected chi connectivity index (χ1v) is 6.23. The van der Waals surface area contributed by atoms with Crippen molar-refractivity contribution < 1.29 is 4.74 Å². The van der Waals surface area contributed by atoms with Gasteiger partial charge in [0.15, 0.2) is 0 Å². The van der Waals surface area contributed by atoms with Gasteiger partial charge >= 0.3 is 0 Å². The van der Waals surface area contributed by atoms with Crippen molar-refractivity contribution >= 4 is 23.2 Å². The van der Waals surface area contributed by atoms with E-state index in [1.807, 2.05) is 12.1 Å². The second kappa shape index (κ2) is 6.90. The first kappa shape index (κ1) is 14.4. The second-order valence-electron chi connectivity index (χ2n) is 4.07. The Hall–Kier alpha value is -0.700. The van der Waals surface area contributed by atoms with Gasteiger partial charge in [0.1, 0.15) is 12.4 Å². The molecule has 0 saturated carbocycles. The van der Waals surface area contributed by atoms with Gasteiger partial charge in [-0.25, -0.2) is 0 Å². The maximum absolute atomic E-state index is 6.10. The molecule has 94 valence electrons. The Balaban J connectivity index is 2.80. The molecule has 1 rings (SSSR count). The summed E-state index contributed by atoms with van der Waals surface area (Å²) in [5.74, 6) is 0.670. The minimum atomic E-state index is 0.264. The summed E-state index contributed by atoms with van der Waals surface area (Å²) >= 11 is 11.8. The number of benzene rings is 1. The van der Waals surface area contributed by atoms with Gasteiger partial charge in [-0.3, -0.25) is 0 Å². The summed E-state index contributed by atoms with van der Waals surface area (Å²) in [4.78, 5) is 0. The minimum absolute atomic E-state index is 0.264. The van der Waals surface area contributed by atoms with E-state index in [0.717, 1.165) is 5.56 Å². The predicted octanol–water partition coefficient (Wildman–Crippen LogP) is 3.97. The summed E-state index contributed by atoms with van der Waals surface area (Å²) in [6.07, 6.45) is 0. The molecule has 0 saturated heterocycles. The van der Waals surface area contributed by atoms with Gasteiger partial charge in [0.05, 0.1) is 5.02 Å². The van der Waals surface area contributed by atoms with E-state index in [9.17, 15) is 0 Å². The van der Waals surface area contributed by atoms with Crippen molar-refractivity contribution in [1.29, 1.82) is 0 Å². The smallest absolute Gasteiger partial charge is 0.142 e. The van der Waals surface area contributed by atoms with E-state index in [1.54, 1.807) is 6.07 Å². The van der Waals surface area contributed by atoms with Crippen molar-refractivity contribution in [2.75, 3.05) is 6.61 Å². The zero-order valence-corrected chi connectivity index (χ0v) is 11.6. The minimum Gasteiger partial charge on any atom is -0.486 e. The molecule has 0 aliphatic rings. The standard InChI is InChI=1S/C13H17Cl2NO/c1-9(2)16-7-11-5-4-6-12(15)13(11)17-8-10(3)14/h4-6,9,16H,3,7-8H2,1-2H3. The molecule has 4 heteroatoms. The molecule has 0 atom stereocenters. The van der Waals surface area contributed by atoms with Gasteiger partial charge in [0.25, 0.3) is 0 Å². The highest BCUT2D eigenvalue weighted by Gasteiger charge is 2.09. The fourth-order valence-corrected chi connectivity index (χ4v) is 1.62. The zero-order chi connectivity index (χ0) is 12.8. The number of hydrogen-bond acceptors (Lipinski definition) is 2. The van der Waals surface area contributed by atoms with Crippen LogP contribution in [0.15, 0.2) is 29.8 Å². The third-order valence-corrected chi connectivity index (χ3v) is 2.53. The third-order valence-electron chi connectivity index (χ3n) is 2.12. The van der Waals surface area contributed by atoms with Crippen LogP contribution in [0.3, 0.4) is 0 Å². The van der Waals surface area contributed by atoms with Crippen molar-refractivity contribution in [1.82, 2.24) is 5.32 Å².